The molecule has 1 N–H and O–H groups in total. The highest BCUT2D eigenvalue weighted by Crippen LogP contribution is 2.25. The summed E-state index contributed by atoms with van der Waals surface area (Å²) < 4.78 is 24.6. The van der Waals surface area contributed by atoms with Gasteiger partial charge in [0.2, 0.25) is 15.9 Å². The average molecular weight is 368 g/mol. The van der Waals surface area contributed by atoms with Crippen LogP contribution in [0.2, 0.25) is 10.0 Å². The first-order valence-electron chi connectivity index (χ1n) is 6.44. The highest BCUT2D eigenvalue weighted by atomic mass is 35.5. The van der Waals surface area contributed by atoms with Crippen LogP contribution in [0.3, 0.4) is 0 Å². The Kier molecular flexibility index (Phi) is 7.08. The monoisotopic (exact) mass is 367 g/mol. The number of amides is 1. The normalized spacial score (nSPS) is 12.0. The molecule has 1 aromatic carbocycles. The van der Waals surface area contributed by atoms with Crippen molar-refractivity contribution in [3.63, 3.8) is 0 Å². The van der Waals surface area contributed by atoms with Crippen LogP contribution >= 0.6 is 23.2 Å². The van der Waals surface area contributed by atoms with Crippen molar-refractivity contribution >= 4 is 44.8 Å². The Bertz CT molecular complexity index is 635. The van der Waals surface area contributed by atoms with Gasteiger partial charge in [-0.1, -0.05) is 23.2 Å². The van der Waals surface area contributed by atoms with Crippen LogP contribution in [-0.2, 0) is 14.8 Å². The molecule has 0 saturated carbocycles. The van der Waals surface area contributed by atoms with Crippen molar-refractivity contribution in [2.24, 2.45) is 0 Å². The van der Waals surface area contributed by atoms with Gasteiger partial charge in [-0.3, -0.25) is 4.79 Å². The summed E-state index contributed by atoms with van der Waals surface area (Å²) in [6.07, 6.45) is 1.07. The van der Waals surface area contributed by atoms with Crippen LogP contribution in [0.4, 0.5) is 5.69 Å². The second-order valence-corrected chi connectivity index (χ2v) is 7.90. The third kappa shape index (κ3) is 6.50. The Morgan fingerprint density at radius 2 is 1.86 bits per heavy atom. The molecule has 0 aliphatic heterocycles. The van der Waals surface area contributed by atoms with Crippen LogP contribution in [0.15, 0.2) is 18.2 Å². The van der Waals surface area contributed by atoms with Crippen molar-refractivity contribution in [2.75, 3.05) is 45.3 Å². The van der Waals surface area contributed by atoms with Gasteiger partial charge in [0.25, 0.3) is 0 Å². The molecule has 1 aromatic rings. The number of benzene rings is 1. The van der Waals surface area contributed by atoms with E-state index >= 15 is 0 Å². The van der Waals surface area contributed by atoms with E-state index in [-0.39, 0.29) is 13.1 Å². The molecular formula is C13H19Cl2N3O3S. The van der Waals surface area contributed by atoms with Crippen LogP contribution in [0.25, 0.3) is 0 Å². The van der Waals surface area contributed by atoms with Gasteiger partial charge in [-0.2, -0.15) is 4.31 Å². The highest BCUT2D eigenvalue weighted by Gasteiger charge is 2.20. The van der Waals surface area contributed by atoms with Crippen molar-refractivity contribution in [3.8, 4) is 0 Å². The van der Waals surface area contributed by atoms with E-state index in [1.54, 1.807) is 12.1 Å². The molecule has 22 heavy (non-hydrogen) atoms. The van der Waals surface area contributed by atoms with Gasteiger partial charge >= 0.3 is 0 Å². The molecule has 0 fully saturated rings. The third-order valence-corrected chi connectivity index (χ3v) is 4.60. The molecule has 1 rings (SSSR count). The fraction of sp³-hybridized carbons (Fsp3) is 0.462. The topological polar surface area (TPSA) is 69.7 Å². The van der Waals surface area contributed by atoms with Crippen molar-refractivity contribution < 1.29 is 13.2 Å². The fourth-order valence-corrected chi connectivity index (χ4v) is 2.72. The summed E-state index contributed by atoms with van der Waals surface area (Å²) in [5.74, 6) is -0.478. The molecule has 0 radical (unpaired) electrons. The molecule has 0 aliphatic carbocycles. The standard InChI is InChI=1S/C13H19Cl2N3O3S/c1-17(2)6-7-18(22(3,20)21)9-13(19)16-12-8-10(14)4-5-11(12)15/h4-5,8H,6-7,9H2,1-3H3,(H,16,19). The number of anilines is 1. The number of carbonyl (C=O) groups excluding carboxylic acids is 1. The molecule has 0 atom stereocenters. The SMILES string of the molecule is CN(C)CCN(CC(=O)Nc1cc(Cl)ccc1Cl)S(C)(=O)=O. The van der Waals surface area contributed by atoms with Gasteiger partial charge in [0, 0.05) is 18.1 Å². The van der Waals surface area contributed by atoms with Gasteiger partial charge in [0.15, 0.2) is 0 Å². The van der Waals surface area contributed by atoms with E-state index in [4.69, 9.17) is 23.2 Å². The maximum absolute atomic E-state index is 12.0. The lowest BCUT2D eigenvalue weighted by molar-refractivity contribution is -0.116. The summed E-state index contributed by atoms with van der Waals surface area (Å²) in [6, 6.07) is 4.66. The van der Waals surface area contributed by atoms with Crippen LogP contribution in [0.5, 0.6) is 0 Å². The first-order chi connectivity index (χ1) is 10.1. The Labute approximate surface area is 141 Å². The molecule has 124 valence electrons. The molecule has 1 amide bonds. The number of carbonyl (C=O) groups is 1. The lowest BCUT2D eigenvalue weighted by atomic mass is 10.3. The number of rotatable bonds is 7. The maximum atomic E-state index is 12.0. The number of hydrogen-bond acceptors (Lipinski definition) is 4. The van der Waals surface area contributed by atoms with Gasteiger partial charge in [0.05, 0.1) is 23.5 Å². The van der Waals surface area contributed by atoms with Crippen LogP contribution in [-0.4, -0.2) is 63.5 Å². The van der Waals surface area contributed by atoms with E-state index < -0.39 is 15.9 Å². The Hall–Kier alpha value is -0.860. The van der Waals surface area contributed by atoms with E-state index in [2.05, 4.69) is 5.32 Å². The number of halogens is 2. The highest BCUT2D eigenvalue weighted by molar-refractivity contribution is 7.88. The molecule has 9 heteroatoms. The minimum Gasteiger partial charge on any atom is -0.324 e. The zero-order chi connectivity index (χ0) is 16.9. The molecule has 0 aliphatic rings. The summed E-state index contributed by atoms with van der Waals surface area (Å²) in [6.45, 7) is 0.455. The Morgan fingerprint density at radius 1 is 1.23 bits per heavy atom. The lowest BCUT2D eigenvalue weighted by Gasteiger charge is -2.21. The number of likely N-dealkylation sites (N-methyl/N-ethyl adjacent to an activating group) is 1. The summed E-state index contributed by atoms with van der Waals surface area (Å²) in [7, 11) is 0.172. The molecule has 0 spiro atoms. The minimum absolute atomic E-state index is 0.225. The predicted octanol–water partition coefficient (Wildman–Crippen LogP) is 1.76. The zero-order valence-corrected chi connectivity index (χ0v) is 15.0. The maximum Gasteiger partial charge on any atom is 0.239 e. The van der Waals surface area contributed by atoms with Gasteiger partial charge in [-0.25, -0.2) is 8.42 Å². The molecule has 0 heterocycles. The van der Waals surface area contributed by atoms with Gasteiger partial charge in [-0.05, 0) is 32.3 Å². The smallest absolute Gasteiger partial charge is 0.239 e. The predicted molar refractivity (Wildman–Crippen MR) is 90.1 cm³/mol. The lowest BCUT2D eigenvalue weighted by Crippen LogP contribution is -2.41. The van der Waals surface area contributed by atoms with E-state index in [9.17, 15) is 13.2 Å². The van der Waals surface area contributed by atoms with E-state index in [1.165, 1.54) is 6.07 Å². The number of nitrogens with one attached hydrogen (secondary N) is 1. The Balaban J connectivity index is 2.77. The van der Waals surface area contributed by atoms with Crippen molar-refractivity contribution in [1.82, 2.24) is 9.21 Å². The number of sulfonamides is 1. The van der Waals surface area contributed by atoms with Gasteiger partial charge in [-0.15, -0.1) is 0 Å². The number of hydrogen-bond donors (Lipinski definition) is 1. The second kappa shape index (κ2) is 8.12. The van der Waals surface area contributed by atoms with Crippen molar-refractivity contribution in [2.45, 2.75) is 0 Å². The third-order valence-electron chi connectivity index (χ3n) is 2.79. The van der Waals surface area contributed by atoms with Crippen molar-refractivity contribution in [3.05, 3.63) is 28.2 Å². The summed E-state index contributed by atoms with van der Waals surface area (Å²) in [5.41, 5.74) is 0.347. The first kappa shape index (κ1) is 19.2. The first-order valence-corrected chi connectivity index (χ1v) is 9.05. The number of nitrogens with zero attached hydrogens (tertiary/aromatic N) is 2. The zero-order valence-electron chi connectivity index (χ0n) is 12.6. The van der Waals surface area contributed by atoms with Crippen LogP contribution in [0, 0.1) is 0 Å². The Morgan fingerprint density at radius 3 is 2.41 bits per heavy atom. The molecule has 0 saturated heterocycles. The molecule has 0 bridgehead atoms. The van der Waals surface area contributed by atoms with Crippen molar-refractivity contribution in [1.29, 1.82) is 0 Å². The summed E-state index contributed by atoms with van der Waals surface area (Å²) >= 11 is 11.8. The van der Waals surface area contributed by atoms with Crippen LogP contribution < -0.4 is 5.32 Å². The largest absolute Gasteiger partial charge is 0.324 e. The van der Waals surface area contributed by atoms with Crippen LogP contribution in [0.1, 0.15) is 0 Å². The van der Waals surface area contributed by atoms with E-state index in [0.717, 1.165) is 10.6 Å². The molecular weight excluding hydrogens is 349 g/mol. The molecule has 0 unspecified atom stereocenters. The summed E-state index contributed by atoms with van der Waals surface area (Å²) in [4.78, 5) is 13.9. The van der Waals surface area contributed by atoms with E-state index in [0.29, 0.717) is 22.3 Å². The summed E-state index contributed by atoms with van der Waals surface area (Å²) in [5, 5.41) is 3.32. The second-order valence-electron chi connectivity index (χ2n) is 5.07. The van der Waals surface area contributed by atoms with Gasteiger partial charge < -0.3 is 10.2 Å². The molecule has 0 aromatic heterocycles. The average Bonchev–Trinajstić information content (AvgIpc) is 2.37. The quantitative estimate of drug-likeness (QED) is 0.796. The molecule has 6 nitrogen and oxygen atoms in total. The fourth-order valence-electron chi connectivity index (χ4n) is 1.62. The van der Waals surface area contributed by atoms with E-state index in [1.807, 2.05) is 19.0 Å². The minimum atomic E-state index is -3.48. The van der Waals surface area contributed by atoms with Gasteiger partial charge in [0.1, 0.15) is 0 Å².